The minimum Gasteiger partial charge on any atom is -0.497 e. The standard InChI is InChI=1S/C22H21N3O2S/c1-16-6-3-4-7-18(16)15-28-22-24-23-21(17-9-11-19(26-2)12-10-17)25(22)14-20-8-5-13-27-20/h3-13H,14-15H2,1-2H3. The minimum atomic E-state index is 0.581. The molecular weight excluding hydrogens is 370 g/mol. The molecule has 0 fully saturated rings. The van der Waals surface area contributed by atoms with Gasteiger partial charge in [0.05, 0.1) is 19.9 Å². The van der Waals surface area contributed by atoms with Crippen LogP contribution in [-0.2, 0) is 12.3 Å². The number of thioether (sulfide) groups is 1. The second-order valence-electron chi connectivity index (χ2n) is 6.42. The van der Waals surface area contributed by atoms with Crippen LogP contribution in [0.15, 0.2) is 76.5 Å². The highest BCUT2D eigenvalue weighted by molar-refractivity contribution is 7.98. The number of hydrogen-bond donors (Lipinski definition) is 0. The lowest BCUT2D eigenvalue weighted by Gasteiger charge is -2.10. The topological polar surface area (TPSA) is 53.1 Å². The molecule has 2 heterocycles. The molecule has 28 heavy (non-hydrogen) atoms. The Morgan fingerprint density at radius 2 is 1.82 bits per heavy atom. The van der Waals surface area contributed by atoms with Gasteiger partial charge in [0.2, 0.25) is 0 Å². The fourth-order valence-electron chi connectivity index (χ4n) is 2.96. The lowest BCUT2D eigenvalue weighted by molar-refractivity contribution is 0.415. The van der Waals surface area contributed by atoms with Gasteiger partial charge in [0.25, 0.3) is 0 Å². The Labute approximate surface area is 168 Å². The first-order valence-corrected chi connectivity index (χ1v) is 10.0. The van der Waals surface area contributed by atoms with Gasteiger partial charge in [-0.1, -0.05) is 36.0 Å². The highest BCUT2D eigenvalue weighted by Gasteiger charge is 2.16. The Morgan fingerprint density at radius 1 is 1.00 bits per heavy atom. The highest BCUT2D eigenvalue weighted by Crippen LogP contribution is 2.29. The lowest BCUT2D eigenvalue weighted by atomic mass is 10.1. The zero-order valence-corrected chi connectivity index (χ0v) is 16.6. The zero-order valence-electron chi connectivity index (χ0n) is 15.8. The van der Waals surface area contributed by atoms with Crippen molar-refractivity contribution in [3.63, 3.8) is 0 Å². The molecule has 0 N–H and O–H groups in total. The first kappa shape index (κ1) is 18.4. The Balaban J connectivity index is 1.65. The predicted molar refractivity (Wildman–Crippen MR) is 111 cm³/mol. The number of benzene rings is 2. The van der Waals surface area contributed by atoms with E-state index in [2.05, 4.69) is 46.0 Å². The summed E-state index contributed by atoms with van der Waals surface area (Å²) in [4.78, 5) is 0. The third-order valence-electron chi connectivity index (χ3n) is 4.58. The van der Waals surface area contributed by atoms with Crippen LogP contribution in [0.4, 0.5) is 0 Å². The molecule has 2 aromatic carbocycles. The molecule has 5 nitrogen and oxygen atoms in total. The van der Waals surface area contributed by atoms with Crippen molar-refractivity contribution in [3.8, 4) is 17.1 Å². The third-order valence-corrected chi connectivity index (χ3v) is 5.59. The van der Waals surface area contributed by atoms with Gasteiger partial charge < -0.3 is 9.15 Å². The maximum Gasteiger partial charge on any atom is 0.192 e. The van der Waals surface area contributed by atoms with E-state index in [9.17, 15) is 0 Å². The van der Waals surface area contributed by atoms with Crippen LogP contribution in [0, 0.1) is 6.92 Å². The van der Waals surface area contributed by atoms with Gasteiger partial charge in [-0.05, 0) is 54.4 Å². The first-order valence-electron chi connectivity index (χ1n) is 9.02. The molecule has 4 rings (SSSR count). The fourth-order valence-corrected chi connectivity index (χ4v) is 3.98. The molecule has 0 amide bonds. The van der Waals surface area contributed by atoms with Gasteiger partial charge in [-0.2, -0.15) is 0 Å². The molecule has 0 atom stereocenters. The Morgan fingerprint density at radius 3 is 2.54 bits per heavy atom. The van der Waals surface area contributed by atoms with Crippen molar-refractivity contribution < 1.29 is 9.15 Å². The van der Waals surface area contributed by atoms with Crippen molar-refractivity contribution in [3.05, 3.63) is 83.8 Å². The number of nitrogens with zero attached hydrogens (tertiary/aromatic N) is 3. The van der Waals surface area contributed by atoms with Crippen LogP contribution in [0.1, 0.15) is 16.9 Å². The van der Waals surface area contributed by atoms with Crippen LogP contribution in [0.25, 0.3) is 11.4 Å². The molecule has 0 saturated heterocycles. The molecular formula is C22H21N3O2S. The summed E-state index contributed by atoms with van der Waals surface area (Å²) in [5, 5.41) is 9.80. The van der Waals surface area contributed by atoms with Crippen LogP contribution in [0.5, 0.6) is 5.75 Å². The number of hydrogen-bond acceptors (Lipinski definition) is 5. The Bertz CT molecular complexity index is 1040. The lowest BCUT2D eigenvalue weighted by Crippen LogP contribution is -2.03. The monoisotopic (exact) mass is 391 g/mol. The summed E-state index contributed by atoms with van der Waals surface area (Å²) in [6.07, 6.45) is 1.69. The number of aryl methyl sites for hydroxylation is 1. The first-order chi connectivity index (χ1) is 13.7. The predicted octanol–water partition coefficient (Wildman–Crippen LogP) is 5.20. The maximum atomic E-state index is 5.57. The maximum absolute atomic E-state index is 5.57. The second kappa shape index (κ2) is 8.35. The molecule has 2 aromatic heterocycles. The van der Waals surface area contributed by atoms with E-state index in [1.54, 1.807) is 25.1 Å². The fraction of sp³-hybridized carbons (Fsp3) is 0.182. The number of methoxy groups -OCH3 is 1. The largest absolute Gasteiger partial charge is 0.497 e. The van der Waals surface area contributed by atoms with Crippen molar-refractivity contribution in [1.82, 2.24) is 14.8 Å². The molecule has 6 heteroatoms. The van der Waals surface area contributed by atoms with E-state index in [4.69, 9.17) is 9.15 Å². The third kappa shape index (κ3) is 3.97. The van der Waals surface area contributed by atoms with Gasteiger partial charge in [0.15, 0.2) is 11.0 Å². The molecule has 0 aliphatic rings. The van der Waals surface area contributed by atoms with Crippen molar-refractivity contribution >= 4 is 11.8 Å². The Kier molecular flexibility index (Phi) is 5.48. The van der Waals surface area contributed by atoms with Gasteiger partial charge in [-0.3, -0.25) is 4.57 Å². The second-order valence-corrected chi connectivity index (χ2v) is 7.36. The van der Waals surface area contributed by atoms with Gasteiger partial charge in [-0.25, -0.2) is 0 Å². The van der Waals surface area contributed by atoms with Crippen LogP contribution in [-0.4, -0.2) is 21.9 Å². The average molecular weight is 391 g/mol. The number of furan rings is 1. The van der Waals surface area contributed by atoms with Crippen LogP contribution < -0.4 is 4.74 Å². The van der Waals surface area contributed by atoms with Crippen molar-refractivity contribution in [1.29, 1.82) is 0 Å². The van der Waals surface area contributed by atoms with Gasteiger partial charge >= 0.3 is 0 Å². The molecule has 0 saturated carbocycles. The molecule has 4 aromatic rings. The van der Waals surface area contributed by atoms with Crippen LogP contribution in [0.2, 0.25) is 0 Å². The van der Waals surface area contributed by atoms with E-state index in [0.717, 1.165) is 33.8 Å². The molecule has 0 bridgehead atoms. The highest BCUT2D eigenvalue weighted by atomic mass is 32.2. The van der Waals surface area contributed by atoms with E-state index >= 15 is 0 Å². The van der Waals surface area contributed by atoms with Gasteiger partial charge in [0, 0.05) is 11.3 Å². The van der Waals surface area contributed by atoms with E-state index in [1.165, 1.54) is 11.1 Å². The summed E-state index contributed by atoms with van der Waals surface area (Å²) < 4.78 is 12.9. The summed E-state index contributed by atoms with van der Waals surface area (Å²) in [5.41, 5.74) is 3.57. The summed E-state index contributed by atoms with van der Waals surface area (Å²) in [6.45, 7) is 2.71. The van der Waals surface area contributed by atoms with E-state index in [1.807, 2.05) is 36.4 Å². The van der Waals surface area contributed by atoms with Crippen LogP contribution >= 0.6 is 11.8 Å². The van der Waals surface area contributed by atoms with Crippen LogP contribution in [0.3, 0.4) is 0 Å². The Hall–Kier alpha value is -2.99. The molecule has 0 radical (unpaired) electrons. The van der Waals surface area contributed by atoms with Crippen molar-refractivity contribution in [2.45, 2.75) is 24.4 Å². The SMILES string of the molecule is COc1ccc(-c2nnc(SCc3ccccc3C)n2Cc2ccco2)cc1. The van der Waals surface area contributed by atoms with E-state index < -0.39 is 0 Å². The van der Waals surface area contributed by atoms with Crippen molar-refractivity contribution in [2.24, 2.45) is 0 Å². The number of aromatic nitrogens is 3. The molecule has 0 aliphatic carbocycles. The summed E-state index contributed by atoms with van der Waals surface area (Å²) in [5.74, 6) is 3.33. The van der Waals surface area contributed by atoms with E-state index in [0.29, 0.717) is 6.54 Å². The molecule has 0 unspecified atom stereocenters. The zero-order chi connectivity index (χ0) is 19.3. The number of rotatable bonds is 7. The average Bonchev–Trinajstić information content (AvgIpc) is 3.38. The quantitative estimate of drug-likeness (QED) is 0.406. The minimum absolute atomic E-state index is 0.581. The van der Waals surface area contributed by atoms with Gasteiger partial charge in [-0.15, -0.1) is 10.2 Å². The molecule has 0 aliphatic heterocycles. The van der Waals surface area contributed by atoms with Gasteiger partial charge in [0.1, 0.15) is 11.5 Å². The summed E-state index contributed by atoms with van der Waals surface area (Å²) in [7, 11) is 1.66. The summed E-state index contributed by atoms with van der Waals surface area (Å²) >= 11 is 1.68. The molecule has 142 valence electrons. The number of ether oxygens (including phenoxy) is 1. The van der Waals surface area contributed by atoms with Crippen molar-refractivity contribution in [2.75, 3.05) is 7.11 Å². The summed E-state index contributed by atoms with van der Waals surface area (Å²) in [6, 6.07) is 20.1. The molecule has 0 spiro atoms. The smallest absolute Gasteiger partial charge is 0.192 e. The van der Waals surface area contributed by atoms with E-state index in [-0.39, 0.29) is 0 Å². The normalized spacial score (nSPS) is 10.9.